The Bertz CT molecular complexity index is 542. The van der Waals surface area contributed by atoms with Crippen LogP contribution < -0.4 is 0 Å². The van der Waals surface area contributed by atoms with Gasteiger partial charge in [-0.05, 0) is 30.7 Å². The van der Waals surface area contributed by atoms with Crippen LogP contribution >= 0.6 is 11.8 Å². The van der Waals surface area contributed by atoms with Gasteiger partial charge < -0.3 is 5.11 Å². The minimum absolute atomic E-state index is 0.248. The van der Waals surface area contributed by atoms with Crippen molar-refractivity contribution in [3.05, 3.63) is 65.5 Å². The van der Waals surface area contributed by atoms with Crippen molar-refractivity contribution in [2.24, 2.45) is 0 Å². The molecule has 2 rings (SSSR count). The molecule has 2 aromatic rings. The van der Waals surface area contributed by atoms with Crippen molar-refractivity contribution in [1.29, 1.82) is 0 Å². The number of halogens is 1. The Hall–Kier alpha value is -1.32. The minimum Gasteiger partial charge on any atom is -0.392 e. The van der Waals surface area contributed by atoms with Crippen LogP contribution in [0.25, 0.3) is 0 Å². The molecular formula is C16H17FOS. The number of hydrogen-bond donors (Lipinski definition) is 1. The van der Waals surface area contributed by atoms with Crippen molar-refractivity contribution in [1.82, 2.24) is 0 Å². The molecule has 0 saturated heterocycles. The van der Waals surface area contributed by atoms with E-state index in [0.717, 1.165) is 4.90 Å². The maximum atomic E-state index is 13.4. The zero-order valence-corrected chi connectivity index (χ0v) is 11.7. The molecule has 1 N–H and O–H groups in total. The topological polar surface area (TPSA) is 20.2 Å². The Balaban J connectivity index is 1.88. The summed E-state index contributed by atoms with van der Waals surface area (Å²) in [6.45, 7) is 2.04. The molecule has 0 aliphatic rings. The van der Waals surface area contributed by atoms with Crippen LogP contribution in [0, 0.1) is 12.7 Å². The lowest BCUT2D eigenvalue weighted by molar-refractivity contribution is 0.198. The molecule has 0 aliphatic carbocycles. The number of aliphatic hydroxyl groups is 1. The zero-order chi connectivity index (χ0) is 13.7. The molecule has 1 unspecified atom stereocenters. The Kier molecular flexibility index (Phi) is 5.00. The Morgan fingerprint density at radius 3 is 2.68 bits per heavy atom. The van der Waals surface area contributed by atoms with E-state index in [1.54, 1.807) is 30.0 Å². The molecule has 0 saturated carbocycles. The summed E-state index contributed by atoms with van der Waals surface area (Å²) in [5.74, 6) is 0.319. The Morgan fingerprint density at radius 1 is 1.16 bits per heavy atom. The van der Waals surface area contributed by atoms with Gasteiger partial charge in [0.1, 0.15) is 5.82 Å². The molecule has 1 atom stereocenters. The molecule has 1 nitrogen and oxygen atoms in total. The van der Waals surface area contributed by atoms with Gasteiger partial charge in [0.2, 0.25) is 0 Å². The number of rotatable bonds is 5. The molecule has 0 radical (unpaired) electrons. The van der Waals surface area contributed by atoms with Gasteiger partial charge in [0.05, 0.1) is 6.10 Å². The van der Waals surface area contributed by atoms with Crippen LogP contribution in [0.4, 0.5) is 4.39 Å². The van der Waals surface area contributed by atoms with Crippen LogP contribution in [-0.2, 0) is 6.42 Å². The molecule has 19 heavy (non-hydrogen) atoms. The molecular weight excluding hydrogens is 259 g/mol. The average Bonchev–Trinajstić information content (AvgIpc) is 2.39. The summed E-state index contributed by atoms with van der Waals surface area (Å²) in [5.41, 5.74) is 1.77. The van der Waals surface area contributed by atoms with Crippen LogP contribution in [0.5, 0.6) is 0 Å². The van der Waals surface area contributed by atoms with Gasteiger partial charge in [-0.15, -0.1) is 11.8 Å². The first kappa shape index (κ1) is 14.1. The third kappa shape index (κ3) is 4.37. The zero-order valence-electron chi connectivity index (χ0n) is 10.8. The third-order valence-electron chi connectivity index (χ3n) is 2.85. The van der Waals surface area contributed by atoms with Crippen molar-refractivity contribution in [3.63, 3.8) is 0 Å². The van der Waals surface area contributed by atoms with Crippen molar-refractivity contribution in [2.75, 3.05) is 5.75 Å². The molecule has 0 bridgehead atoms. The molecule has 0 aliphatic heterocycles. The van der Waals surface area contributed by atoms with Gasteiger partial charge >= 0.3 is 0 Å². The molecule has 2 aromatic carbocycles. The first-order valence-corrected chi connectivity index (χ1v) is 7.24. The summed E-state index contributed by atoms with van der Waals surface area (Å²) in [6, 6.07) is 14.7. The van der Waals surface area contributed by atoms with Gasteiger partial charge in [-0.3, -0.25) is 0 Å². The molecule has 0 spiro atoms. The van der Waals surface area contributed by atoms with Crippen molar-refractivity contribution < 1.29 is 9.50 Å². The lowest BCUT2D eigenvalue weighted by atomic mass is 10.1. The van der Waals surface area contributed by atoms with E-state index in [9.17, 15) is 9.50 Å². The maximum absolute atomic E-state index is 13.4. The van der Waals surface area contributed by atoms with Crippen molar-refractivity contribution in [2.45, 2.75) is 24.3 Å². The fourth-order valence-electron chi connectivity index (χ4n) is 1.87. The van der Waals surface area contributed by atoms with Gasteiger partial charge in [0.15, 0.2) is 0 Å². The van der Waals surface area contributed by atoms with Gasteiger partial charge in [-0.1, -0.05) is 35.9 Å². The summed E-state index contributed by atoms with van der Waals surface area (Å²) < 4.78 is 13.4. The first-order valence-electron chi connectivity index (χ1n) is 6.26. The van der Waals surface area contributed by atoms with E-state index in [-0.39, 0.29) is 5.82 Å². The third-order valence-corrected chi connectivity index (χ3v) is 3.98. The fourth-order valence-corrected chi connectivity index (χ4v) is 2.82. The highest BCUT2D eigenvalue weighted by Crippen LogP contribution is 2.21. The summed E-state index contributed by atoms with van der Waals surface area (Å²) in [6.07, 6.45) is -0.187. The van der Waals surface area contributed by atoms with Gasteiger partial charge in [-0.25, -0.2) is 4.39 Å². The van der Waals surface area contributed by atoms with Crippen molar-refractivity contribution >= 4 is 11.8 Å². The van der Waals surface area contributed by atoms with E-state index < -0.39 is 6.10 Å². The van der Waals surface area contributed by atoms with Crippen LogP contribution in [0.1, 0.15) is 11.1 Å². The SMILES string of the molecule is Cc1cccc(SCC(O)Cc2ccccc2F)c1. The second-order valence-corrected chi connectivity index (χ2v) is 5.67. The number of aryl methyl sites for hydroxylation is 1. The second kappa shape index (κ2) is 6.73. The lowest BCUT2D eigenvalue weighted by Crippen LogP contribution is -2.14. The van der Waals surface area contributed by atoms with Gasteiger partial charge in [0, 0.05) is 17.1 Å². The lowest BCUT2D eigenvalue weighted by Gasteiger charge is -2.11. The summed E-state index contributed by atoms with van der Waals surface area (Å²) >= 11 is 1.60. The highest BCUT2D eigenvalue weighted by Gasteiger charge is 2.09. The Labute approximate surface area is 117 Å². The van der Waals surface area contributed by atoms with Crippen LogP contribution in [0.2, 0.25) is 0 Å². The van der Waals surface area contributed by atoms with E-state index in [2.05, 4.69) is 6.07 Å². The van der Waals surface area contributed by atoms with E-state index in [4.69, 9.17) is 0 Å². The largest absolute Gasteiger partial charge is 0.392 e. The fraction of sp³-hybridized carbons (Fsp3) is 0.250. The second-order valence-electron chi connectivity index (χ2n) is 4.58. The highest BCUT2D eigenvalue weighted by molar-refractivity contribution is 7.99. The molecule has 0 heterocycles. The monoisotopic (exact) mass is 276 g/mol. The number of benzene rings is 2. The molecule has 0 fully saturated rings. The first-order chi connectivity index (χ1) is 9.15. The number of aliphatic hydroxyl groups excluding tert-OH is 1. The predicted molar refractivity (Wildman–Crippen MR) is 78.0 cm³/mol. The van der Waals surface area contributed by atoms with Crippen LogP contribution in [0.3, 0.4) is 0 Å². The number of thioether (sulfide) groups is 1. The van der Waals surface area contributed by atoms with E-state index in [1.807, 2.05) is 25.1 Å². The molecule has 3 heteroatoms. The maximum Gasteiger partial charge on any atom is 0.126 e. The van der Waals surface area contributed by atoms with Gasteiger partial charge in [-0.2, -0.15) is 0 Å². The van der Waals surface area contributed by atoms with Crippen LogP contribution in [0.15, 0.2) is 53.4 Å². The normalized spacial score (nSPS) is 12.4. The highest BCUT2D eigenvalue weighted by atomic mass is 32.2. The van der Waals surface area contributed by atoms with E-state index in [0.29, 0.717) is 17.7 Å². The predicted octanol–water partition coefficient (Wildman–Crippen LogP) is 3.83. The van der Waals surface area contributed by atoms with E-state index in [1.165, 1.54) is 11.6 Å². The Morgan fingerprint density at radius 2 is 1.95 bits per heavy atom. The molecule has 0 aromatic heterocycles. The number of hydrogen-bond acceptors (Lipinski definition) is 2. The van der Waals surface area contributed by atoms with Crippen molar-refractivity contribution in [3.8, 4) is 0 Å². The minimum atomic E-state index is -0.539. The smallest absolute Gasteiger partial charge is 0.126 e. The van der Waals surface area contributed by atoms with Gasteiger partial charge in [0.25, 0.3) is 0 Å². The molecule has 0 amide bonds. The van der Waals surface area contributed by atoms with Crippen LogP contribution in [-0.4, -0.2) is 17.0 Å². The summed E-state index contributed by atoms with van der Waals surface area (Å²) in [4.78, 5) is 1.13. The summed E-state index contributed by atoms with van der Waals surface area (Å²) in [5, 5.41) is 9.97. The van der Waals surface area contributed by atoms with E-state index >= 15 is 0 Å². The standard InChI is InChI=1S/C16H17FOS/c1-12-5-4-7-15(9-12)19-11-14(18)10-13-6-2-3-8-16(13)17/h2-9,14,18H,10-11H2,1H3. The average molecular weight is 276 g/mol. The summed E-state index contributed by atoms with van der Waals surface area (Å²) in [7, 11) is 0. The quantitative estimate of drug-likeness (QED) is 0.838. The molecule has 100 valence electrons.